The van der Waals surface area contributed by atoms with Gasteiger partial charge >= 0.3 is 0 Å². The fraction of sp³-hybridized carbons (Fsp3) is 0.167. The van der Waals surface area contributed by atoms with E-state index in [9.17, 15) is 4.39 Å². The van der Waals surface area contributed by atoms with Gasteiger partial charge in [-0.15, -0.1) is 0 Å². The van der Waals surface area contributed by atoms with Crippen molar-refractivity contribution < 1.29 is 4.39 Å². The van der Waals surface area contributed by atoms with E-state index in [1.54, 1.807) is 24.5 Å². The van der Waals surface area contributed by atoms with Gasteiger partial charge in [-0.25, -0.2) is 4.39 Å². The Balaban J connectivity index is 2.31. The molecule has 2 aromatic rings. The van der Waals surface area contributed by atoms with Gasteiger partial charge in [0.05, 0.1) is 23.6 Å². The number of hydrogen-bond donors (Lipinski definition) is 1. The Bertz CT molecular complexity index is 482. The highest BCUT2D eigenvalue weighted by atomic mass is 19.1. The first kappa shape index (κ1) is 10.7. The normalized spacial score (nSPS) is 12.4. The Kier molecular flexibility index (Phi) is 2.92. The van der Waals surface area contributed by atoms with Gasteiger partial charge in [0.15, 0.2) is 0 Å². The van der Waals surface area contributed by atoms with E-state index in [2.05, 4.69) is 9.97 Å². The second-order valence-corrected chi connectivity index (χ2v) is 3.62. The van der Waals surface area contributed by atoms with Gasteiger partial charge in [0, 0.05) is 6.20 Å². The summed E-state index contributed by atoms with van der Waals surface area (Å²) >= 11 is 0. The summed E-state index contributed by atoms with van der Waals surface area (Å²) in [6, 6.07) is 5.76. The molecule has 2 rings (SSSR count). The molecule has 82 valence electrons. The van der Waals surface area contributed by atoms with Crippen LogP contribution in [0.5, 0.6) is 0 Å². The van der Waals surface area contributed by atoms with E-state index in [1.165, 1.54) is 12.1 Å². The van der Waals surface area contributed by atoms with Gasteiger partial charge in [-0.2, -0.15) is 0 Å². The fourth-order valence-corrected chi connectivity index (χ4v) is 1.43. The maximum absolute atomic E-state index is 13.0. The van der Waals surface area contributed by atoms with E-state index in [-0.39, 0.29) is 5.82 Å². The fourth-order valence-electron chi connectivity index (χ4n) is 1.43. The van der Waals surface area contributed by atoms with Crippen LogP contribution in [0.2, 0.25) is 0 Å². The van der Waals surface area contributed by atoms with Gasteiger partial charge in [0.1, 0.15) is 5.82 Å². The van der Waals surface area contributed by atoms with E-state index in [1.807, 2.05) is 6.92 Å². The average Bonchev–Trinajstić information content (AvgIpc) is 2.29. The third-order valence-corrected chi connectivity index (χ3v) is 2.33. The minimum atomic E-state index is -0.441. The molecular formula is C12H12FN3. The summed E-state index contributed by atoms with van der Waals surface area (Å²) in [6.07, 6.45) is 3.26. The van der Waals surface area contributed by atoms with Crippen LogP contribution in [0.4, 0.5) is 4.39 Å². The Labute approximate surface area is 93.2 Å². The molecule has 3 nitrogen and oxygen atoms in total. The van der Waals surface area contributed by atoms with Crippen LogP contribution in [0.3, 0.4) is 0 Å². The topological polar surface area (TPSA) is 51.8 Å². The van der Waals surface area contributed by atoms with E-state index in [4.69, 9.17) is 5.73 Å². The highest BCUT2D eigenvalue weighted by Crippen LogP contribution is 2.17. The summed E-state index contributed by atoms with van der Waals surface area (Å²) in [4.78, 5) is 8.29. The summed E-state index contributed by atoms with van der Waals surface area (Å²) in [5, 5.41) is 0. The summed E-state index contributed by atoms with van der Waals surface area (Å²) in [7, 11) is 0. The molecule has 16 heavy (non-hydrogen) atoms. The zero-order chi connectivity index (χ0) is 11.5. The van der Waals surface area contributed by atoms with Crippen molar-refractivity contribution in [2.45, 2.75) is 13.0 Å². The molecular weight excluding hydrogens is 205 g/mol. The van der Waals surface area contributed by atoms with Crippen molar-refractivity contribution >= 4 is 0 Å². The van der Waals surface area contributed by atoms with Crippen LogP contribution in [0, 0.1) is 12.7 Å². The van der Waals surface area contributed by atoms with Gasteiger partial charge in [-0.3, -0.25) is 9.97 Å². The molecule has 2 N–H and O–H groups in total. The van der Waals surface area contributed by atoms with Crippen molar-refractivity contribution in [3.8, 4) is 0 Å². The van der Waals surface area contributed by atoms with Crippen LogP contribution in [0.1, 0.15) is 23.0 Å². The average molecular weight is 217 g/mol. The molecule has 1 unspecified atom stereocenters. The van der Waals surface area contributed by atoms with Crippen molar-refractivity contribution in [3.63, 3.8) is 0 Å². The zero-order valence-electron chi connectivity index (χ0n) is 8.89. The lowest BCUT2D eigenvalue weighted by Crippen LogP contribution is -2.14. The summed E-state index contributed by atoms with van der Waals surface area (Å²) in [5.41, 5.74) is 8.12. The SMILES string of the molecule is Cc1cnc(C(N)c2cccc(F)c2)cn1. The molecule has 1 aromatic carbocycles. The summed E-state index contributed by atoms with van der Waals surface area (Å²) in [6.45, 7) is 1.85. The van der Waals surface area contributed by atoms with Crippen LogP contribution in [0.25, 0.3) is 0 Å². The highest BCUT2D eigenvalue weighted by Gasteiger charge is 2.10. The van der Waals surface area contributed by atoms with E-state index in [0.717, 1.165) is 5.69 Å². The second kappa shape index (κ2) is 4.37. The molecule has 1 aromatic heterocycles. The monoisotopic (exact) mass is 217 g/mol. The van der Waals surface area contributed by atoms with Gasteiger partial charge in [-0.05, 0) is 24.6 Å². The highest BCUT2D eigenvalue weighted by molar-refractivity contribution is 5.26. The minimum Gasteiger partial charge on any atom is -0.319 e. The minimum absolute atomic E-state index is 0.298. The number of rotatable bonds is 2. The quantitative estimate of drug-likeness (QED) is 0.836. The first-order valence-corrected chi connectivity index (χ1v) is 4.96. The van der Waals surface area contributed by atoms with Gasteiger partial charge in [0.25, 0.3) is 0 Å². The van der Waals surface area contributed by atoms with Gasteiger partial charge in [0.2, 0.25) is 0 Å². The van der Waals surface area contributed by atoms with Crippen molar-refractivity contribution in [1.29, 1.82) is 0 Å². The molecule has 0 fully saturated rings. The van der Waals surface area contributed by atoms with E-state index in [0.29, 0.717) is 11.3 Å². The molecule has 1 atom stereocenters. The third-order valence-electron chi connectivity index (χ3n) is 2.33. The Morgan fingerprint density at radius 3 is 2.69 bits per heavy atom. The van der Waals surface area contributed by atoms with Gasteiger partial charge < -0.3 is 5.73 Å². The molecule has 0 amide bonds. The van der Waals surface area contributed by atoms with Crippen molar-refractivity contribution in [3.05, 3.63) is 59.4 Å². The van der Waals surface area contributed by atoms with Crippen molar-refractivity contribution in [1.82, 2.24) is 9.97 Å². The predicted molar refractivity (Wildman–Crippen MR) is 59.2 cm³/mol. The standard InChI is InChI=1S/C12H12FN3/c1-8-6-16-11(7-15-8)12(14)9-3-2-4-10(13)5-9/h2-7,12H,14H2,1H3. The molecule has 0 saturated heterocycles. The maximum Gasteiger partial charge on any atom is 0.123 e. The smallest absolute Gasteiger partial charge is 0.123 e. The van der Waals surface area contributed by atoms with Crippen molar-refractivity contribution in [2.24, 2.45) is 5.73 Å². The molecule has 0 saturated carbocycles. The molecule has 4 heteroatoms. The number of halogens is 1. The molecule has 0 aliphatic heterocycles. The number of hydrogen-bond acceptors (Lipinski definition) is 3. The first-order valence-electron chi connectivity index (χ1n) is 4.96. The summed E-state index contributed by atoms with van der Waals surface area (Å²) < 4.78 is 13.0. The Morgan fingerprint density at radius 1 is 1.25 bits per heavy atom. The lowest BCUT2D eigenvalue weighted by molar-refractivity contribution is 0.623. The molecule has 0 radical (unpaired) electrons. The lowest BCUT2D eigenvalue weighted by Gasteiger charge is -2.11. The number of benzene rings is 1. The van der Waals surface area contributed by atoms with Crippen LogP contribution >= 0.6 is 0 Å². The largest absolute Gasteiger partial charge is 0.319 e. The molecule has 0 aliphatic rings. The zero-order valence-corrected chi connectivity index (χ0v) is 8.89. The Morgan fingerprint density at radius 2 is 2.06 bits per heavy atom. The van der Waals surface area contributed by atoms with E-state index >= 15 is 0 Å². The van der Waals surface area contributed by atoms with Gasteiger partial charge in [-0.1, -0.05) is 12.1 Å². The molecule has 0 spiro atoms. The van der Waals surface area contributed by atoms with Crippen LogP contribution < -0.4 is 5.73 Å². The van der Waals surface area contributed by atoms with Crippen LogP contribution in [-0.4, -0.2) is 9.97 Å². The van der Waals surface area contributed by atoms with Crippen LogP contribution in [0.15, 0.2) is 36.7 Å². The van der Waals surface area contributed by atoms with E-state index < -0.39 is 6.04 Å². The second-order valence-electron chi connectivity index (χ2n) is 3.62. The lowest BCUT2D eigenvalue weighted by atomic mass is 10.1. The maximum atomic E-state index is 13.0. The molecule has 0 aliphatic carbocycles. The van der Waals surface area contributed by atoms with Crippen LogP contribution in [-0.2, 0) is 0 Å². The number of aryl methyl sites for hydroxylation is 1. The van der Waals surface area contributed by atoms with Crippen molar-refractivity contribution in [2.75, 3.05) is 0 Å². The Hall–Kier alpha value is -1.81. The summed E-state index contributed by atoms with van der Waals surface area (Å²) in [5.74, 6) is -0.298. The number of nitrogens with two attached hydrogens (primary N) is 1. The first-order chi connectivity index (χ1) is 7.66. The molecule has 0 bridgehead atoms. The molecule has 1 heterocycles. The third kappa shape index (κ3) is 2.23. The number of nitrogens with zero attached hydrogens (tertiary/aromatic N) is 2. The number of aromatic nitrogens is 2. The predicted octanol–water partition coefficient (Wildman–Crippen LogP) is 1.97.